The van der Waals surface area contributed by atoms with Crippen LogP contribution in [-0.2, 0) is 9.53 Å². The van der Waals surface area contributed by atoms with Crippen molar-refractivity contribution in [1.29, 1.82) is 5.26 Å². The molecule has 0 unspecified atom stereocenters. The molecule has 1 saturated carbocycles. The molecule has 146 valence electrons. The van der Waals surface area contributed by atoms with Crippen molar-refractivity contribution in [2.24, 2.45) is 5.92 Å². The lowest BCUT2D eigenvalue weighted by Crippen LogP contribution is -2.42. The van der Waals surface area contributed by atoms with Crippen molar-refractivity contribution in [1.82, 2.24) is 5.32 Å². The molecule has 1 aliphatic carbocycles. The highest BCUT2D eigenvalue weighted by atomic mass is 16.6. The number of nitriles is 1. The fourth-order valence-electron chi connectivity index (χ4n) is 3.09. The molecule has 1 aromatic rings. The second-order valence-corrected chi connectivity index (χ2v) is 7.71. The van der Waals surface area contributed by atoms with Gasteiger partial charge in [0.1, 0.15) is 17.4 Å². The topological polar surface area (TPSA) is 100 Å². The number of amides is 2. The Morgan fingerprint density at radius 3 is 2.41 bits per heavy atom. The van der Waals surface area contributed by atoms with E-state index in [1.807, 2.05) is 20.8 Å². The van der Waals surface area contributed by atoms with Crippen LogP contribution in [0.5, 0.6) is 5.75 Å². The highest BCUT2D eigenvalue weighted by molar-refractivity contribution is 5.92. The average Bonchev–Trinajstić information content (AvgIpc) is 2.60. The van der Waals surface area contributed by atoms with Crippen LogP contribution in [0.25, 0.3) is 0 Å². The first-order valence-corrected chi connectivity index (χ1v) is 9.10. The van der Waals surface area contributed by atoms with Crippen molar-refractivity contribution >= 4 is 17.7 Å². The monoisotopic (exact) mass is 373 g/mol. The fraction of sp³-hybridized carbons (Fsp3) is 0.550. The van der Waals surface area contributed by atoms with Gasteiger partial charge in [-0.05, 0) is 64.7 Å². The summed E-state index contributed by atoms with van der Waals surface area (Å²) in [6.07, 6.45) is 2.41. The second kappa shape index (κ2) is 8.76. The number of hydrogen-bond acceptors (Lipinski definition) is 5. The molecular weight excluding hydrogens is 346 g/mol. The predicted molar refractivity (Wildman–Crippen MR) is 101 cm³/mol. The lowest BCUT2D eigenvalue weighted by molar-refractivity contribution is -0.120. The van der Waals surface area contributed by atoms with E-state index in [9.17, 15) is 9.59 Å². The molecule has 2 rings (SSSR count). The number of carbonyl (C=O) groups excluding carboxylic acids is 2. The van der Waals surface area contributed by atoms with Crippen LogP contribution >= 0.6 is 0 Å². The fourth-order valence-corrected chi connectivity index (χ4v) is 3.09. The van der Waals surface area contributed by atoms with Gasteiger partial charge in [0.2, 0.25) is 5.91 Å². The van der Waals surface area contributed by atoms with Gasteiger partial charge >= 0.3 is 6.09 Å². The Balaban J connectivity index is 1.85. The summed E-state index contributed by atoms with van der Waals surface area (Å²) < 4.78 is 10.4. The van der Waals surface area contributed by atoms with E-state index in [0.29, 0.717) is 29.8 Å². The zero-order valence-corrected chi connectivity index (χ0v) is 16.3. The number of hydrogen-bond donors (Lipinski definition) is 2. The van der Waals surface area contributed by atoms with Crippen molar-refractivity contribution in [2.45, 2.75) is 58.1 Å². The predicted octanol–water partition coefficient (Wildman–Crippen LogP) is 3.59. The normalized spacial score (nSPS) is 19.5. The first kappa shape index (κ1) is 20.6. The van der Waals surface area contributed by atoms with Crippen LogP contribution in [0.15, 0.2) is 18.2 Å². The number of ether oxygens (including phenoxy) is 2. The lowest BCUT2D eigenvalue weighted by atomic mass is 9.85. The summed E-state index contributed by atoms with van der Waals surface area (Å²) in [5.41, 5.74) is 0.425. The SMILES string of the molecule is COc1ccc(NC(=O)C2CCC(NC(=O)OC(C)(C)C)CC2)cc1C#N. The maximum atomic E-state index is 12.5. The van der Waals surface area contributed by atoms with Gasteiger partial charge in [-0.15, -0.1) is 0 Å². The Hall–Kier alpha value is -2.75. The molecule has 0 heterocycles. The van der Waals surface area contributed by atoms with Crippen molar-refractivity contribution in [3.8, 4) is 11.8 Å². The van der Waals surface area contributed by atoms with Gasteiger partial charge in [0.15, 0.2) is 0 Å². The molecule has 1 fully saturated rings. The molecule has 0 aliphatic heterocycles. The lowest BCUT2D eigenvalue weighted by Gasteiger charge is -2.29. The summed E-state index contributed by atoms with van der Waals surface area (Å²) >= 11 is 0. The van der Waals surface area contributed by atoms with Gasteiger partial charge in [0.25, 0.3) is 0 Å². The molecule has 27 heavy (non-hydrogen) atoms. The maximum Gasteiger partial charge on any atom is 0.407 e. The number of rotatable bonds is 4. The van der Waals surface area contributed by atoms with Crippen LogP contribution in [0.1, 0.15) is 52.0 Å². The molecule has 1 aliphatic rings. The van der Waals surface area contributed by atoms with E-state index in [-0.39, 0.29) is 17.9 Å². The maximum absolute atomic E-state index is 12.5. The molecule has 2 N–H and O–H groups in total. The highest BCUT2D eigenvalue weighted by Crippen LogP contribution is 2.27. The molecule has 2 amide bonds. The van der Waals surface area contributed by atoms with E-state index in [1.165, 1.54) is 7.11 Å². The molecule has 0 aromatic heterocycles. The Morgan fingerprint density at radius 2 is 1.85 bits per heavy atom. The third-order valence-electron chi connectivity index (χ3n) is 4.41. The minimum atomic E-state index is -0.526. The van der Waals surface area contributed by atoms with Crippen LogP contribution in [0.4, 0.5) is 10.5 Å². The Bertz CT molecular complexity index is 726. The minimum absolute atomic E-state index is 0.0232. The zero-order chi connectivity index (χ0) is 20.0. The van der Waals surface area contributed by atoms with Gasteiger partial charge in [-0.2, -0.15) is 5.26 Å². The van der Waals surface area contributed by atoms with Gasteiger partial charge in [-0.25, -0.2) is 4.79 Å². The van der Waals surface area contributed by atoms with Gasteiger partial charge in [-0.1, -0.05) is 0 Å². The van der Waals surface area contributed by atoms with Gasteiger partial charge < -0.3 is 20.1 Å². The summed E-state index contributed by atoms with van der Waals surface area (Å²) in [5.74, 6) is 0.290. The number of carbonyl (C=O) groups is 2. The van der Waals surface area contributed by atoms with Gasteiger partial charge in [0.05, 0.1) is 12.7 Å². The van der Waals surface area contributed by atoms with E-state index < -0.39 is 11.7 Å². The van der Waals surface area contributed by atoms with E-state index in [0.717, 1.165) is 12.8 Å². The quantitative estimate of drug-likeness (QED) is 0.840. The standard InChI is InChI=1S/C20H27N3O4/c1-20(2,3)27-19(25)23-15-7-5-13(6-8-15)18(24)22-16-9-10-17(26-4)14(11-16)12-21/h9-11,13,15H,5-8H2,1-4H3,(H,22,24)(H,23,25). The Morgan fingerprint density at radius 1 is 1.19 bits per heavy atom. The molecule has 7 heteroatoms. The van der Waals surface area contributed by atoms with Crippen molar-refractivity contribution in [3.05, 3.63) is 23.8 Å². The van der Waals surface area contributed by atoms with Crippen molar-refractivity contribution in [2.75, 3.05) is 12.4 Å². The second-order valence-electron chi connectivity index (χ2n) is 7.71. The number of alkyl carbamates (subject to hydrolysis) is 1. The molecule has 0 atom stereocenters. The van der Waals surface area contributed by atoms with Crippen LogP contribution < -0.4 is 15.4 Å². The molecule has 7 nitrogen and oxygen atoms in total. The van der Waals surface area contributed by atoms with E-state index in [2.05, 4.69) is 16.7 Å². The summed E-state index contributed by atoms with van der Waals surface area (Å²) in [4.78, 5) is 24.3. The number of nitrogens with one attached hydrogen (secondary N) is 2. The molecule has 0 spiro atoms. The van der Waals surface area contributed by atoms with Crippen LogP contribution in [0.2, 0.25) is 0 Å². The molecule has 0 radical (unpaired) electrons. The minimum Gasteiger partial charge on any atom is -0.495 e. The van der Waals surface area contributed by atoms with E-state index >= 15 is 0 Å². The summed E-state index contributed by atoms with van der Waals surface area (Å²) in [7, 11) is 1.50. The average molecular weight is 373 g/mol. The first-order chi connectivity index (χ1) is 12.7. The van der Waals surface area contributed by atoms with E-state index in [1.54, 1.807) is 18.2 Å². The summed E-state index contributed by atoms with van der Waals surface area (Å²) in [6, 6.07) is 7.06. The Kier molecular flexibility index (Phi) is 6.67. The summed E-state index contributed by atoms with van der Waals surface area (Å²) in [5, 5.41) is 14.9. The number of nitrogens with zero attached hydrogens (tertiary/aromatic N) is 1. The largest absolute Gasteiger partial charge is 0.495 e. The highest BCUT2D eigenvalue weighted by Gasteiger charge is 2.28. The van der Waals surface area contributed by atoms with Crippen LogP contribution in [-0.4, -0.2) is 30.8 Å². The van der Waals surface area contributed by atoms with E-state index in [4.69, 9.17) is 14.7 Å². The van der Waals surface area contributed by atoms with Crippen molar-refractivity contribution < 1.29 is 19.1 Å². The number of anilines is 1. The smallest absolute Gasteiger partial charge is 0.407 e. The van der Waals surface area contributed by atoms with Crippen LogP contribution in [0.3, 0.4) is 0 Å². The van der Waals surface area contributed by atoms with Crippen molar-refractivity contribution in [3.63, 3.8) is 0 Å². The van der Waals surface area contributed by atoms with Gasteiger partial charge in [0, 0.05) is 17.6 Å². The van der Waals surface area contributed by atoms with Gasteiger partial charge in [-0.3, -0.25) is 4.79 Å². The molecular formula is C20H27N3O4. The third-order valence-corrected chi connectivity index (χ3v) is 4.41. The van der Waals surface area contributed by atoms with Crippen LogP contribution in [0, 0.1) is 17.2 Å². The Labute approximate surface area is 160 Å². The third kappa shape index (κ3) is 6.17. The zero-order valence-electron chi connectivity index (χ0n) is 16.3. The molecule has 0 bridgehead atoms. The molecule has 0 saturated heterocycles. The number of benzene rings is 1. The first-order valence-electron chi connectivity index (χ1n) is 9.10. The molecule has 1 aromatic carbocycles. The number of methoxy groups -OCH3 is 1. The summed E-state index contributed by atoms with van der Waals surface area (Å²) in [6.45, 7) is 5.47.